The minimum atomic E-state index is -6.25. The number of halogens is 9. The predicted octanol–water partition coefficient (Wildman–Crippen LogP) is 6.21. The maximum absolute atomic E-state index is 14.2. The van der Waals surface area contributed by atoms with Crippen molar-refractivity contribution in [1.29, 1.82) is 0 Å². The molecule has 0 heterocycles. The second-order valence-corrected chi connectivity index (χ2v) is 7.53. The summed E-state index contributed by atoms with van der Waals surface area (Å²) in [6, 6.07) is 6.66. The lowest BCUT2D eigenvalue weighted by molar-refractivity contribution is -0.348. The zero-order chi connectivity index (χ0) is 22.2. The third kappa shape index (κ3) is 4.58. The summed E-state index contributed by atoms with van der Waals surface area (Å²) < 4.78 is 91.1. The molecule has 0 aromatic heterocycles. The molecule has 2 aromatic rings. The van der Waals surface area contributed by atoms with Gasteiger partial charge in [-0.25, -0.2) is 4.39 Å². The van der Waals surface area contributed by atoms with Crippen molar-refractivity contribution < 1.29 is 35.5 Å². The van der Waals surface area contributed by atoms with Gasteiger partial charge in [0.1, 0.15) is 0 Å². The quantitative estimate of drug-likeness (QED) is 0.444. The summed E-state index contributed by atoms with van der Waals surface area (Å²) in [5.74, 6) is -0.694. The Morgan fingerprint density at radius 1 is 0.897 bits per heavy atom. The van der Waals surface area contributed by atoms with Crippen molar-refractivity contribution in [3.8, 4) is 0 Å². The standard InChI is InChI=1S/C17H11Br2F7N2O/c18-11-5-10(15(20,16(21,22)23)17(24,25)26)6-12(19)13(11)28-14(29)9-3-1-8(7-27)2-4-9/h1-6H,7,27H2,(H,28,29). The van der Waals surface area contributed by atoms with E-state index in [0.29, 0.717) is 12.1 Å². The summed E-state index contributed by atoms with van der Waals surface area (Å²) in [5.41, 5.74) is -1.11. The molecule has 0 bridgehead atoms. The molecule has 3 nitrogen and oxygen atoms in total. The number of carbonyl (C=O) groups is 1. The average molecular weight is 552 g/mol. The van der Waals surface area contributed by atoms with Crippen LogP contribution in [0.3, 0.4) is 0 Å². The molecule has 158 valence electrons. The second kappa shape index (κ2) is 8.23. The largest absolute Gasteiger partial charge is 0.435 e. The van der Waals surface area contributed by atoms with Gasteiger partial charge < -0.3 is 11.1 Å². The lowest BCUT2D eigenvalue weighted by atomic mass is 9.94. The Morgan fingerprint density at radius 2 is 1.34 bits per heavy atom. The van der Waals surface area contributed by atoms with Gasteiger partial charge in [-0.05, 0) is 61.7 Å². The topological polar surface area (TPSA) is 55.1 Å². The van der Waals surface area contributed by atoms with E-state index in [9.17, 15) is 35.5 Å². The summed E-state index contributed by atoms with van der Waals surface area (Å²) >= 11 is 5.57. The zero-order valence-electron chi connectivity index (χ0n) is 14.1. The first-order valence-corrected chi connectivity index (χ1v) is 9.23. The molecule has 0 spiro atoms. The summed E-state index contributed by atoms with van der Waals surface area (Å²) in [4.78, 5) is 12.3. The summed E-state index contributed by atoms with van der Waals surface area (Å²) in [6.07, 6.45) is -12.5. The number of benzene rings is 2. The van der Waals surface area contributed by atoms with Crippen molar-refractivity contribution in [3.05, 3.63) is 62.0 Å². The van der Waals surface area contributed by atoms with Gasteiger partial charge in [0.25, 0.3) is 5.91 Å². The minimum absolute atomic E-state index is 0.162. The van der Waals surface area contributed by atoms with E-state index in [4.69, 9.17) is 5.73 Å². The molecule has 0 aliphatic rings. The maximum atomic E-state index is 14.2. The molecule has 1 amide bonds. The Hall–Kier alpha value is -1.66. The Labute approximate surface area is 176 Å². The van der Waals surface area contributed by atoms with Gasteiger partial charge in [0.05, 0.1) is 5.69 Å². The van der Waals surface area contributed by atoms with Crippen molar-refractivity contribution >= 4 is 43.5 Å². The lowest BCUT2D eigenvalue weighted by Gasteiger charge is -2.31. The van der Waals surface area contributed by atoms with Crippen molar-refractivity contribution in [2.75, 3.05) is 5.32 Å². The maximum Gasteiger partial charge on any atom is 0.435 e. The molecule has 0 aliphatic carbocycles. The number of nitrogens with two attached hydrogens (primary N) is 1. The van der Waals surface area contributed by atoms with Crippen LogP contribution < -0.4 is 11.1 Å². The van der Waals surface area contributed by atoms with E-state index < -0.39 is 29.5 Å². The first-order valence-electron chi connectivity index (χ1n) is 7.64. The normalized spacial score (nSPS) is 12.8. The minimum Gasteiger partial charge on any atom is -0.326 e. The van der Waals surface area contributed by atoms with Crippen LogP contribution >= 0.6 is 31.9 Å². The number of carbonyl (C=O) groups excluding carboxylic acids is 1. The van der Waals surface area contributed by atoms with Gasteiger partial charge in [0, 0.05) is 26.6 Å². The van der Waals surface area contributed by atoms with Crippen LogP contribution in [0.1, 0.15) is 21.5 Å². The van der Waals surface area contributed by atoms with Crippen molar-refractivity contribution in [1.82, 2.24) is 0 Å². The zero-order valence-corrected chi connectivity index (χ0v) is 17.2. The Bertz CT molecular complexity index is 874. The van der Waals surface area contributed by atoms with Gasteiger partial charge >= 0.3 is 18.0 Å². The molecule has 0 radical (unpaired) electrons. The highest BCUT2D eigenvalue weighted by Crippen LogP contribution is 2.54. The number of rotatable bonds is 4. The molecule has 29 heavy (non-hydrogen) atoms. The molecular formula is C17H11Br2F7N2O. The van der Waals surface area contributed by atoms with Crippen molar-refractivity contribution in [2.24, 2.45) is 5.73 Å². The number of anilines is 1. The molecule has 3 N–H and O–H groups in total. The van der Waals surface area contributed by atoms with E-state index in [-0.39, 0.29) is 26.7 Å². The Morgan fingerprint density at radius 3 is 1.72 bits per heavy atom. The van der Waals surface area contributed by atoms with Crippen LogP contribution in [-0.4, -0.2) is 18.3 Å². The van der Waals surface area contributed by atoms with E-state index in [1.54, 1.807) is 12.1 Å². The number of hydrogen-bond donors (Lipinski definition) is 2. The number of nitrogens with one attached hydrogen (secondary N) is 1. The highest BCUT2D eigenvalue weighted by atomic mass is 79.9. The van der Waals surface area contributed by atoms with E-state index >= 15 is 0 Å². The van der Waals surface area contributed by atoms with Crippen molar-refractivity contribution in [3.63, 3.8) is 0 Å². The molecule has 0 unspecified atom stereocenters. The van der Waals surface area contributed by atoms with Gasteiger partial charge in [-0.15, -0.1) is 0 Å². The van der Waals surface area contributed by atoms with Crippen LogP contribution in [0.25, 0.3) is 0 Å². The van der Waals surface area contributed by atoms with Crippen LogP contribution in [-0.2, 0) is 12.2 Å². The third-order valence-electron chi connectivity index (χ3n) is 3.91. The first-order chi connectivity index (χ1) is 13.2. The molecule has 0 atom stereocenters. The Balaban J connectivity index is 2.44. The fourth-order valence-electron chi connectivity index (χ4n) is 2.36. The van der Waals surface area contributed by atoms with Gasteiger partial charge in [-0.2, -0.15) is 26.3 Å². The monoisotopic (exact) mass is 550 g/mol. The van der Waals surface area contributed by atoms with Gasteiger partial charge in [0.15, 0.2) is 0 Å². The second-order valence-electron chi connectivity index (χ2n) is 5.82. The van der Waals surface area contributed by atoms with E-state index in [0.717, 1.165) is 5.56 Å². The molecule has 0 fully saturated rings. The van der Waals surface area contributed by atoms with Gasteiger partial charge in [0.2, 0.25) is 0 Å². The van der Waals surface area contributed by atoms with E-state index in [2.05, 4.69) is 37.2 Å². The van der Waals surface area contributed by atoms with Crippen LogP contribution in [0.4, 0.5) is 36.4 Å². The molecular weight excluding hydrogens is 541 g/mol. The van der Waals surface area contributed by atoms with Crippen LogP contribution in [0.15, 0.2) is 45.3 Å². The first kappa shape index (κ1) is 23.6. The highest BCUT2D eigenvalue weighted by molar-refractivity contribution is 9.11. The predicted molar refractivity (Wildman–Crippen MR) is 99.0 cm³/mol. The fourth-order valence-corrected chi connectivity index (χ4v) is 3.74. The SMILES string of the molecule is NCc1ccc(C(=O)Nc2c(Br)cc(C(F)(C(F)(F)F)C(F)(F)F)cc2Br)cc1. The van der Waals surface area contributed by atoms with Crippen molar-refractivity contribution in [2.45, 2.75) is 24.6 Å². The molecule has 0 aliphatic heterocycles. The van der Waals surface area contributed by atoms with Crippen LogP contribution in [0, 0.1) is 0 Å². The number of alkyl halides is 7. The molecule has 12 heteroatoms. The summed E-state index contributed by atoms with van der Waals surface area (Å²) in [7, 11) is 0. The highest BCUT2D eigenvalue weighted by Gasteiger charge is 2.73. The number of hydrogen-bond acceptors (Lipinski definition) is 2. The van der Waals surface area contributed by atoms with E-state index in [1.165, 1.54) is 12.1 Å². The number of amides is 1. The molecule has 0 saturated carbocycles. The molecule has 2 rings (SSSR count). The Kier molecular flexibility index (Phi) is 6.70. The lowest BCUT2D eigenvalue weighted by Crippen LogP contribution is -2.50. The summed E-state index contributed by atoms with van der Waals surface area (Å²) in [5, 5.41) is 2.34. The van der Waals surface area contributed by atoms with Crippen LogP contribution in [0.2, 0.25) is 0 Å². The molecule has 2 aromatic carbocycles. The van der Waals surface area contributed by atoms with Gasteiger partial charge in [-0.3, -0.25) is 4.79 Å². The molecule has 0 saturated heterocycles. The van der Waals surface area contributed by atoms with Crippen LogP contribution in [0.5, 0.6) is 0 Å². The average Bonchev–Trinajstić information content (AvgIpc) is 2.61. The summed E-state index contributed by atoms with van der Waals surface area (Å²) in [6.45, 7) is 0.240. The fraction of sp³-hybridized carbons (Fsp3) is 0.235. The van der Waals surface area contributed by atoms with Gasteiger partial charge in [-0.1, -0.05) is 12.1 Å². The smallest absolute Gasteiger partial charge is 0.326 e. The van der Waals surface area contributed by atoms with E-state index in [1.807, 2.05) is 0 Å². The third-order valence-corrected chi connectivity index (χ3v) is 5.16.